The molecular weight excluding hydrogens is 232 g/mol. The highest BCUT2D eigenvalue weighted by molar-refractivity contribution is 7.71. The minimum atomic E-state index is -0.912. The zero-order chi connectivity index (χ0) is 11.7. The first-order valence-electron chi connectivity index (χ1n) is 4.47. The molecule has 3 N–H and O–H groups in total. The van der Waals surface area contributed by atoms with Crippen molar-refractivity contribution in [2.45, 2.75) is 13.0 Å². The van der Waals surface area contributed by atoms with E-state index in [1.54, 1.807) is 4.57 Å². The molecular formula is C8H8N4O3S. The number of H-pyrrole nitrogens is 2. The van der Waals surface area contributed by atoms with Crippen LogP contribution in [0.1, 0.15) is 6.42 Å². The topological polar surface area (TPSA) is 104 Å². The van der Waals surface area contributed by atoms with Crippen LogP contribution < -0.4 is 5.69 Å². The molecule has 2 heterocycles. The Labute approximate surface area is 93.8 Å². The first-order chi connectivity index (χ1) is 7.58. The number of hydrogen-bond donors (Lipinski definition) is 3. The molecule has 2 aromatic heterocycles. The highest BCUT2D eigenvalue weighted by Gasteiger charge is 2.06. The molecule has 0 bridgehead atoms. The molecule has 0 aliphatic rings. The fourth-order valence-electron chi connectivity index (χ4n) is 1.37. The van der Waals surface area contributed by atoms with Crippen molar-refractivity contribution in [3.05, 3.63) is 21.5 Å². The number of carbonyl (C=O) groups is 1. The second kappa shape index (κ2) is 3.89. The number of hydrogen-bond acceptors (Lipinski definition) is 4. The van der Waals surface area contributed by atoms with Gasteiger partial charge in [0.25, 0.3) is 0 Å². The monoisotopic (exact) mass is 240 g/mol. The maximum absolute atomic E-state index is 11.2. The third kappa shape index (κ3) is 1.87. The summed E-state index contributed by atoms with van der Waals surface area (Å²) in [5.41, 5.74) is 0.463. The molecule has 0 atom stereocenters. The highest BCUT2D eigenvalue weighted by Crippen LogP contribution is 2.08. The number of nitrogens with zero attached hydrogens (tertiary/aromatic N) is 2. The number of rotatable bonds is 3. The van der Waals surface area contributed by atoms with Gasteiger partial charge in [0.2, 0.25) is 0 Å². The second-order valence-electron chi connectivity index (χ2n) is 3.19. The number of nitrogens with one attached hydrogen (secondary N) is 2. The molecule has 0 unspecified atom stereocenters. The van der Waals surface area contributed by atoms with Crippen molar-refractivity contribution in [3.63, 3.8) is 0 Å². The van der Waals surface area contributed by atoms with Gasteiger partial charge in [-0.2, -0.15) is 0 Å². The van der Waals surface area contributed by atoms with E-state index < -0.39 is 11.7 Å². The first kappa shape index (κ1) is 10.6. The van der Waals surface area contributed by atoms with E-state index in [1.165, 1.54) is 6.33 Å². The molecule has 0 amide bonds. The summed E-state index contributed by atoms with van der Waals surface area (Å²) in [6.07, 6.45) is 1.41. The molecule has 16 heavy (non-hydrogen) atoms. The Hall–Kier alpha value is -1.96. The Kier molecular flexibility index (Phi) is 2.57. The van der Waals surface area contributed by atoms with E-state index in [0.29, 0.717) is 11.2 Å². The number of aryl methyl sites for hydroxylation is 1. The predicted octanol–water partition coefficient (Wildman–Crippen LogP) is 0.257. The predicted molar refractivity (Wildman–Crippen MR) is 57.8 cm³/mol. The van der Waals surface area contributed by atoms with Crippen molar-refractivity contribution in [2.24, 2.45) is 0 Å². The summed E-state index contributed by atoms with van der Waals surface area (Å²) in [7, 11) is 0. The number of imidazole rings is 1. The normalized spacial score (nSPS) is 10.8. The zero-order valence-corrected chi connectivity index (χ0v) is 8.87. The van der Waals surface area contributed by atoms with Gasteiger partial charge in [-0.05, 0) is 0 Å². The quantitative estimate of drug-likeness (QED) is 0.667. The fourth-order valence-corrected chi connectivity index (χ4v) is 1.61. The van der Waals surface area contributed by atoms with Gasteiger partial charge < -0.3 is 9.67 Å². The van der Waals surface area contributed by atoms with E-state index in [4.69, 9.17) is 17.3 Å². The maximum Gasteiger partial charge on any atom is 0.325 e. The number of aromatic amines is 2. The SMILES string of the molecule is O=C(O)CCn1cnc2c(=S)[nH]c(=O)[nH]c21. The summed E-state index contributed by atoms with van der Waals surface area (Å²) in [5.74, 6) is -0.912. The van der Waals surface area contributed by atoms with Crippen LogP contribution in [0.5, 0.6) is 0 Å². The van der Waals surface area contributed by atoms with Gasteiger partial charge >= 0.3 is 11.7 Å². The van der Waals surface area contributed by atoms with Crippen LogP contribution in [-0.4, -0.2) is 30.6 Å². The van der Waals surface area contributed by atoms with Gasteiger partial charge in [-0.1, -0.05) is 12.2 Å². The molecule has 0 spiro atoms. The Morgan fingerprint density at radius 2 is 2.31 bits per heavy atom. The lowest BCUT2D eigenvalue weighted by Crippen LogP contribution is -2.12. The molecule has 0 fully saturated rings. The minimum Gasteiger partial charge on any atom is -0.481 e. The first-order valence-corrected chi connectivity index (χ1v) is 4.88. The summed E-state index contributed by atoms with van der Waals surface area (Å²) >= 11 is 4.92. The van der Waals surface area contributed by atoms with Crippen LogP contribution in [0.15, 0.2) is 11.1 Å². The molecule has 0 aliphatic carbocycles. The van der Waals surface area contributed by atoms with E-state index in [2.05, 4.69) is 15.0 Å². The molecule has 7 nitrogen and oxygen atoms in total. The van der Waals surface area contributed by atoms with Gasteiger partial charge in [0.15, 0.2) is 0 Å². The minimum absolute atomic E-state index is 0.0428. The van der Waals surface area contributed by atoms with Crippen molar-refractivity contribution in [1.82, 2.24) is 19.5 Å². The molecule has 0 radical (unpaired) electrons. The molecule has 2 rings (SSSR count). The third-order valence-corrected chi connectivity index (χ3v) is 2.37. The van der Waals surface area contributed by atoms with Crippen LogP contribution in [0.3, 0.4) is 0 Å². The smallest absolute Gasteiger partial charge is 0.325 e. The maximum atomic E-state index is 11.2. The van der Waals surface area contributed by atoms with Crippen LogP contribution in [0.2, 0.25) is 0 Å². The van der Waals surface area contributed by atoms with Crippen molar-refractivity contribution in [1.29, 1.82) is 0 Å². The average Bonchev–Trinajstić information content (AvgIpc) is 2.58. The molecule has 2 aromatic rings. The number of carboxylic acids is 1. The van der Waals surface area contributed by atoms with Crippen LogP contribution in [0.4, 0.5) is 0 Å². The lowest BCUT2D eigenvalue weighted by molar-refractivity contribution is -0.137. The Bertz CT molecular complexity index is 653. The summed E-state index contributed by atoms with van der Waals surface area (Å²) in [4.78, 5) is 30.5. The van der Waals surface area contributed by atoms with E-state index in [9.17, 15) is 9.59 Å². The van der Waals surface area contributed by atoms with Crippen LogP contribution >= 0.6 is 12.2 Å². The van der Waals surface area contributed by atoms with Gasteiger partial charge in [-0.25, -0.2) is 9.78 Å². The number of aliphatic carboxylic acids is 1. The van der Waals surface area contributed by atoms with Crippen molar-refractivity contribution < 1.29 is 9.90 Å². The largest absolute Gasteiger partial charge is 0.481 e. The third-order valence-electron chi connectivity index (χ3n) is 2.08. The highest BCUT2D eigenvalue weighted by atomic mass is 32.1. The Morgan fingerprint density at radius 1 is 1.56 bits per heavy atom. The van der Waals surface area contributed by atoms with Gasteiger partial charge in [-0.3, -0.25) is 14.8 Å². The number of carboxylic acid groups (broad SMARTS) is 1. The summed E-state index contributed by atoms with van der Waals surface area (Å²) in [5, 5.41) is 8.56. The zero-order valence-electron chi connectivity index (χ0n) is 8.06. The molecule has 84 valence electrons. The van der Waals surface area contributed by atoms with Gasteiger partial charge in [0.05, 0.1) is 12.7 Å². The van der Waals surface area contributed by atoms with E-state index in [-0.39, 0.29) is 17.6 Å². The van der Waals surface area contributed by atoms with Crippen molar-refractivity contribution >= 4 is 29.4 Å². The van der Waals surface area contributed by atoms with Crippen LogP contribution in [-0.2, 0) is 11.3 Å². The summed E-state index contributed by atoms with van der Waals surface area (Å²) in [6, 6.07) is 0. The van der Waals surface area contributed by atoms with Gasteiger partial charge in [-0.15, -0.1) is 0 Å². The Morgan fingerprint density at radius 3 is 3.00 bits per heavy atom. The number of fused-ring (bicyclic) bond motifs is 1. The van der Waals surface area contributed by atoms with E-state index in [1.807, 2.05) is 0 Å². The van der Waals surface area contributed by atoms with E-state index >= 15 is 0 Å². The molecule has 0 aromatic carbocycles. The van der Waals surface area contributed by atoms with Gasteiger partial charge in [0, 0.05) is 6.54 Å². The van der Waals surface area contributed by atoms with Crippen LogP contribution in [0, 0.1) is 4.64 Å². The summed E-state index contributed by atoms with van der Waals surface area (Å²) in [6.45, 7) is 0.237. The molecule has 8 heteroatoms. The van der Waals surface area contributed by atoms with Gasteiger partial charge in [0.1, 0.15) is 15.8 Å². The van der Waals surface area contributed by atoms with Crippen molar-refractivity contribution in [3.8, 4) is 0 Å². The Balaban J connectivity index is 2.52. The van der Waals surface area contributed by atoms with Crippen molar-refractivity contribution in [2.75, 3.05) is 0 Å². The lowest BCUT2D eigenvalue weighted by atomic mass is 10.4. The lowest BCUT2D eigenvalue weighted by Gasteiger charge is -2.00. The second-order valence-corrected chi connectivity index (χ2v) is 3.60. The summed E-state index contributed by atoms with van der Waals surface area (Å²) < 4.78 is 1.79. The molecule has 0 aliphatic heterocycles. The average molecular weight is 240 g/mol. The molecule has 0 saturated heterocycles. The standard InChI is InChI=1S/C8H8N4O3S/c13-4(14)1-2-12-3-9-5-6(12)10-8(15)11-7(5)16/h3H,1-2H2,(H,13,14)(H2,10,11,15,16). The van der Waals surface area contributed by atoms with Crippen LogP contribution in [0.25, 0.3) is 11.2 Å². The fraction of sp³-hybridized carbons (Fsp3) is 0.250. The van der Waals surface area contributed by atoms with E-state index in [0.717, 1.165) is 0 Å². The number of aromatic nitrogens is 4. The molecule has 0 saturated carbocycles.